The first-order valence-corrected chi connectivity index (χ1v) is 4.89. The van der Waals surface area contributed by atoms with E-state index >= 15 is 0 Å². The van der Waals surface area contributed by atoms with E-state index in [1.807, 2.05) is 40.1 Å². The minimum atomic E-state index is 0.762. The average molecular weight is 202 g/mol. The van der Waals surface area contributed by atoms with Gasteiger partial charge in [0.2, 0.25) is 0 Å². The molecule has 0 aliphatic carbocycles. The van der Waals surface area contributed by atoms with Gasteiger partial charge in [-0.25, -0.2) is 9.97 Å². The summed E-state index contributed by atoms with van der Waals surface area (Å²) < 4.78 is 1.78. The molecule has 4 heteroatoms. The lowest BCUT2D eigenvalue weighted by Crippen LogP contribution is -1.94. The number of hydrogen-bond acceptors (Lipinski definition) is 3. The smallest absolute Gasteiger partial charge is 0.163 e. The van der Waals surface area contributed by atoms with E-state index in [9.17, 15) is 0 Å². The van der Waals surface area contributed by atoms with Crippen molar-refractivity contribution >= 4 is 0 Å². The average Bonchev–Trinajstić information content (AvgIpc) is 2.43. The van der Waals surface area contributed by atoms with Crippen molar-refractivity contribution in [1.82, 2.24) is 19.7 Å². The molecule has 0 fully saturated rings. The van der Waals surface area contributed by atoms with E-state index in [-0.39, 0.29) is 0 Å². The zero-order chi connectivity index (χ0) is 11.0. The molecule has 0 atom stereocenters. The minimum Gasteiger partial charge on any atom is -0.275 e. The van der Waals surface area contributed by atoms with Gasteiger partial charge in [0, 0.05) is 24.6 Å². The Morgan fingerprint density at radius 1 is 1.07 bits per heavy atom. The van der Waals surface area contributed by atoms with Crippen LogP contribution in [0.1, 0.15) is 17.1 Å². The molecule has 4 nitrogen and oxygen atoms in total. The van der Waals surface area contributed by atoms with Gasteiger partial charge in [-0.3, -0.25) is 4.68 Å². The zero-order valence-corrected chi connectivity index (χ0v) is 9.44. The van der Waals surface area contributed by atoms with Crippen LogP contribution < -0.4 is 0 Å². The summed E-state index contributed by atoms with van der Waals surface area (Å²) in [5.74, 6) is 0.762. The van der Waals surface area contributed by atoms with Gasteiger partial charge in [-0.2, -0.15) is 5.10 Å². The third-order valence-corrected chi connectivity index (χ3v) is 2.24. The van der Waals surface area contributed by atoms with Crippen LogP contribution in [-0.2, 0) is 7.05 Å². The number of rotatable bonds is 1. The fourth-order valence-electron chi connectivity index (χ4n) is 1.67. The monoisotopic (exact) mass is 202 g/mol. The van der Waals surface area contributed by atoms with Crippen LogP contribution in [0.2, 0.25) is 0 Å². The maximum Gasteiger partial charge on any atom is 0.163 e. The van der Waals surface area contributed by atoms with Crippen LogP contribution in [0, 0.1) is 20.8 Å². The molecule has 0 saturated carbocycles. The highest BCUT2D eigenvalue weighted by atomic mass is 15.3. The maximum absolute atomic E-state index is 4.41. The predicted octanol–water partition coefficient (Wildman–Crippen LogP) is 1.80. The predicted molar refractivity (Wildman–Crippen MR) is 58.4 cm³/mol. The number of hydrogen-bond donors (Lipinski definition) is 0. The normalized spacial score (nSPS) is 10.7. The van der Waals surface area contributed by atoms with Crippen molar-refractivity contribution in [2.75, 3.05) is 0 Å². The van der Waals surface area contributed by atoms with E-state index in [0.29, 0.717) is 0 Å². The van der Waals surface area contributed by atoms with Crippen LogP contribution in [0.4, 0.5) is 0 Å². The molecular formula is C11H14N4. The highest BCUT2D eigenvalue weighted by Crippen LogP contribution is 2.18. The second-order valence-corrected chi connectivity index (χ2v) is 3.78. The van der Waals surface area contributed by atoms with Crippen molar-refractivity contribution in [2.24, 2.45) is 7.05 Å². The molecule has 2 heterocycles. The van der Waals surface area contributed by atoms with E-state index in [0.717, 1.165) is 28.5 Å². The van der Waals surface area contributed by atoms with Crippen molar-refractivity contribution in [2.45, 2.75) is 20.8 Å². The molecule has 2 rings (SSSR count). The van der Waals surface area contributed by atoms with Gasteiger partial charge in [0.25, 0.3) is 0 Å². The fourth-order valence-corrected chi connectivity index (χ4v) is 1.67. The summed E-state index contributed by atoms with van der Waals surface area (Å²) in [6.07, 6.45) is 1.95. The Balaban J connectivity index is 2.58. The second kappa shape index (κ2) is 3.46. The molecule has 0 amide bonds. The summed E-state index contributed by atoms with van der Waals surface area (Å²) in [6, 6.07) is 1.97. The van der Waals surface area contributed by atoms with E-state index in [4.69, 9.17) is 0 Å². The number of aromatic nitrogens is 4. The molecule has 0 radical (unpaired) electrons. The topological polar surface area (TPSA) is 43.6 Å². The van der Waals surface area contributed by atoms with Crippen LogP contribution in [0.5, 0.6) is 0 Å². The molecule has 0 aliphatic rings. The van der Waals surface area contributed by atoms with Crippen LogP contribution in [0.25, 0.3) is 11.4 Å². The van der Waals surface area contributed by atoms with Gasteiger partial charge in [0.1, 0.15) is 0 Å². The second-order valence-electron chi connectivity index (χ2n) is 3.78. The Morgan fingerprint density at radius 3 is 2.13 bits per heavy atom. The number of nitrogens with zero attached hydrogens (tertiary/aromatic N) is 4. The van der Waals surface area contributed by atoms with Crippen molar-refractivity contribution < 1.29 is 0 Å². The van der Waals surface area contributed by atoms with Crippen molar-refractivity contribution in [3.63, 3.8) is 0 Å². The zero-order valence-electron chi connectivity index (χ0n) is 9.44. The van der Waals surface area contributed by atoms with Crippen LogP contribution >= 0.6 is 0 Å². The molecule has 0 spiro atoms. The Bertz CT molecular complexity index is 479. The third kappa shape index (κ3) is 1.88. The molecule has 0 aromatic carbocycles. The summed E-state index contributed by atoms with van der Waals surface area (Å²) >= 11 is 0. The van der Waals surface area contributed by atoms with Gasteiger partial charge in [-0.05, 0) is 26.8 Å². The first kappa shape index (κ1) is 9.83. The molecule has 0 unspecified atom stereocenters. The SMILES string of the molecule is Cc1cc(C)nc(-c2cn(C)nc2C)n1. The Morgan fingerprint density at radius 2 is 1.67 bits per heavy atom. The van der Waals surface area contributed by atoms with E-state index < -0.39 is 0 Å². The molecule has 0 N–H and O–H groups in total. The fraction of sp³-hybridized carbons (Fsp3) is 0.364. The highest BCUT2D eigenvalue weighted by Gasteiger charge is 2.09. The van der Waals surface area contributed by atoms with Crippen LogP contribution in [0.15, 0.2) is 12.3 Å². The molecular weight excluding hydrogens is 188 g/mol. The molecule has 2 aromatic heterocycles. The lowest BCUT2D eigenvalue weighted by Gasteiger charge is -2.01. The Labute approximate surface area is 89.0 Å². The van der Waals surface area contributed by atoms with E-state index in [1.165, 1.54) is 0 Å². The molecule has 0 bridgehead atoms. The van der Waals surface area contributed by atoms with Gasteiger partial charge >= 0.3 is 0 Å². The molecule has 78 valence electrons. The summed E-state index contributed by atoms with van der Waals surface area (Å²) in [7, 11) is 1.90. The number of aryl methyl sites for hydroxylation is 4. The highest BCUT2D eigenvalue weighted by molar-refractivity contribution is 5.56. The Hall–Kier alpha value is -1.71. The van der Waals surface area contributed by atoms with Crippen LogP contribution in [0.3, 0.4) is 0 Å². The Kier molecular flexibility index (Phi) is 2.26. The summed E-state index contributed by atoms with van der Waals surface area (Å²) in [5, 5.41) is 4.28. The summed E-state index contributed by atoms with van der Waals surface area (Å²) in [4.78, 5) is 8.83. The van der Waals surface area contributed by atoms with Gasteiger partial charge in [0.15, 0.2) is 5.82 Å². The van der Waals surface area contributed by atoms with Crippen LogP contribution in [-0.4, -0.2) is 19.7 Å². The van der Waals surface area contributed by atoms with Crippen molar-refractivity contribution in [3.05, 3.63) is 29.3 Å². The largest absolute Gasteiger partial charge is 0.275 e. The van der Waals surface area contributed by atoms with Gasteiger partial charge in [0.05, 0.1) is 11.3 Å². The molecule has 2 aromatic rings. The summed E-state index contributed by atoms with van der Waals surface area (Å²) in [6.45, 7) is 5.92. The minimum absolute atomic E-state index is 0.762. The van der Waals surface area contributed by atoms with Crippen molar-refractivity contribution in [3.8, 4) is 11.4 Å². The maximum atomic E-state index is 4.41. The lowest BCUT2D eigenvalue weighted by molar-refractivity contribution is 0.756. The first-order chi connectivity index (χ1) is 7.06. The molecule has 0 aliphatic heterocycles. The lowest BCUT2D eigenvalue weighted by atomic mass is 10.2. The quantitative estimate of drug-likeness (QED) is 0.708. The third-order valence-electron chi connectivity index (χ3n) is 2.24. The van der Waals surface area contributed by atoms with E-state index in [2.05, 4.69) is 15.1 Å². The van der Waals surface area contributed by atoms with Gasteiger partial charge < -0.3 is 0 Å². The van der Waals surface area contributed by atoms with E-state index in [1.54, 1.807) is 4.68 Å². The van der Waals surface area contributed by atoms with Crippen molar-refractivity contribution in [1.29, 1.82) is 0 Å². The standard InChI is InChI=1S/C11H14N4/c1-7-5-8(2)13-11(12-7)10-6-15(4)14-9(10)3/h5-6H,1-4H3. The molecule has 15 heavy (non-hydrogen) atoms. The first-order valence-electron chi connectivity index (χ1n) is 4.89. The van der Waals surface area contributed by atoms with Gasteiger partial charge in [-0.15, -0.1) is 0 Å². The molecule has 0 saturated heterocycles. The summed E-state index contributed by atoms with van der Waals surface area (Å²) in [5.41, 5.74) is 3.94. The van der Waals surface area contributed by atoms with Gasteiger partial charge in [-0.1, -0.05) is 0 Å².